The summed E-state index contributed by atoms with van der Waals surface area (Å²) in [7, 11) is 1.99. The van der Waals surface area contributed by atoms with Gasteiger partial charge in [-0.15, -0.1) is 0 Å². The number of amides is 1. The van der Waals surface area contributed by atoms with E-state index in [9.17, 15) is 18.0 Å². The number of likely N-dealkylation sites (tertiary alicyclic amines) is 1. The first-order valence-electron chi connectivity index (χ1n) is 9.63. The lowest BCUT2D eigenvalue weighted by molar-refractivity contribution is -0.159. The summed E-state index contributed by atoms with van der Waals surface area (Å²) in [6, 6.07) is 6.68. The molecule has 11 heteroatoms. The number of anilines is 1. The number of pyridine rings is 2. The van der Waals surface area contributed by atoms with Crippen molar-refractivity contribution in [1.82, 2.24) is 25.0 Å². The summed E-state index contributed by atoms with van der Waals surface area (Å²) >= 11 is 0. The zero-order valence-corrected chi connectivity index (χ0v) is 16.6. The van der Waals surface area contributed by atoms with Crippen molar-refractivity contribution < 1.29 is 22.5 Å². The van der Waals surface area contributed by atoms with Gasteiger partial charge in [0.05, 0.1) is 28.8 Å². The molecule has 1 aliphatic heterocycles. The minimum atomic E-state index is -4.78. The van der Waals surface area contributed by atoms with E-state index in [1.165, 1.54) is 12.3 Å². The van der Waals surface area contributed by atoms with Crippen LogP contribution in [0, 0.1) is 5.92 Å². The Morgan fingerprint density at radius 3 is 2.61 bits per heavy atom. The van der Waals surface area contributed by atoms with E-state index in [4.69, 9.17) is 0 Å². The lowest BCUT2D eigenvalue weighted by Gasteiger charge is -2.28. The fourth-order valence-corrected chi connectivity index (χ4v) is 3.35. The number of piperidine rings is 1. The summed E-state index contributed by atoms with van der Waals surface area (Å²) in [5, 5.41) is 6.24. The predicted molar refractivity (Wildman–Crippen MR) is 105 cm³/mol. The highest BCUT2D eigenvalue weighted by molar-refractivity contribution is 5.96. The minimum absolute atomic E-state index is 0.163. The van der Waals surface area contributed by atoms with Gasteiger partial charge >= 0.3 is 12.1 Å². The van der Waals surface area contributed by atoms with Crippen LogP contribution in [0.2, 0.25) is 0 Å². The third-order valence-electron chi connectivity index (χ3n) is 5.09. The third-order valence-corrected chi connectivity index (χ3v) is 5.09. The van der Waals surface area contributed by atoms with Gasteiger partial charge in [-0.1, -0.05) is 11.2 Å². The maximum atomic E-state index is 13.0. The Hall–Kier alpha value is -3.34. The van der Waals surface area contributed by atoms with Gasteiger partial charge in [-0.3, -0.25) is 14.8 Å². The summed E-state index contributed by atoms with van der Waals surface area (Å²) in [6.45, 7) is 1.59. The number of rotatable bonds is 4. The second-order valence-electron chi connectivity index (χ2n) is 7.32. The molecule has 1 amide bonds. The normalized spacial score (nSPS) is 15.7. The highest BCUT2D eigenvalue weighted by Gasteiger charge is 2.39. The molecule has 1 saturated heterocycles. The van der Waals surface area contributed by atoms with Gasteiger partial charge in [0.15, 0.2) is 0 Å². The molecular weight excluding hydrogens is 413 g/mol. The highest BCUT2D eigenvalue weighted by atomic mass is 19.4. The van der Waals surface area contributed by atoms with Crippen molar-refractivity contribution in [3.05, 3.63) is 42.5 Å². The number of carbonyl (C=O) groups is 1. The van der Waals surface area contributed by atoms with E-state index >= 15 is 0 Å². The van der Waals surface area contributed by atoms with Crippen molar-refractivity contribution in [3.63, 3.8) is 0 Å². The lowest BCUT2D eigenvalue weighted by atomic mass is 9.96. The number of hydrogen-bond donors (Lipinski definition) is 1. The molecule has 8 nitrogen and oxygen atoms in total. The Balaban J connectivity index is 1.69. The van der Waals surface area contributed by atoms with Gasteiger partial charge in [0.1, 0.15) is 0 Å². The van der Waals surface area contributed by atoms with Crippen LogP contribution in [0.25, 0.3) is 22.8 Å². The molecule has 31 heavy (non-hydrogen) atoms. The van der Waals surface area contributed by atoms with Gasteiger partial charge in [-0.2, -0.15) is 18.2 Å². The fourth-order valence-electron chi connectivity index (χ4n) is 3.35. The zero-order valence-electron chi connectivity index (χ0n) is 16.6. The molecule has 0 aliphatic carbocycles. The largest absolute Gasteiger partial charge is 0.471 e. The molecule has 3 aromatic heterocycles. The fraction of sp³-hybridized carbons (Fsp3) is 0.350. The first-order chi connectivity index (χ1) is 14.8. The minimum Gasteiger partial charge on any atom is -0.329 e. The number of alkyl halides is 3. The Kier molecular flexibility index (Phi) is 5.68. The Labute approximate surface area is 175 Å². The van der Waals surface area contributed by atoms with Gasteiger partial charge in [-0.05, 0) is 51.2 Å². The van der Waals surface area contributed by atoms with E-state index in [0.29, 0.717) is 24.2 Å². The van der Waals surface area contributed by atoms with Crippen LogP contribution in [0.4, 0.5) is 18.9 Å². The molecule has 1 fully saturated rings. The van der Waals surface area contributed by atoms with Crippen molar-refractivity contribution in [2.45, 2.75) is 19.0 Å². The van der Waals surface area contributed by atoms with Crippen LogP contribution in [-0.4, -0.2) is 51.1 Å². The van der Waals surface area contributed by atoms with E-state index < -0.39 is 12.1 Å². The topological polar surface area (TPSA) is 97.0 Å². The first kappa shape index (κ1) is 20.9. The van der Waals surface area contributed by atoms with E-state index in [0.717, 1.165) is 13.1 Å². The molecule has 0 unspecified atom stereocenters. The molecule has 4 heterocycles. The Morgan fingerprint density at radius 2 is 1.97 bits per heavy atom. The molecule has 4 rings (SSSR count). The van der Waals surface area contributed by atoms with Gasteiger partial charge in [-0.25, -0.2) is 0 Å². The number of hydrogen-bond acceptors (Lipinski definition) is 7. The summed E-state index contributed by atoms with van der Waals surface area (Å²) in [4.78, 5) is 26.9. The summed E-state index contributed by atoms with van der Waals surface area (Å²) in [6.07, 6.45) is -0.451. The van der Waals surface area contributed by atoms with Crippen molar-refractivity contribution >= 4 is 11.6 Å². The summed E-state index contributed by atoms with van der Waals surface area (Å²) in [5.41, 5.74) is 1.28. The van der Waals surface area contributed by atoms with Gasteiger partial charge in [0.2, 0.25) is 11.7 Å². The smallest absolute Gasteiger partial charge is 0.329 e. The van der Waals surface area contributed by atoms with Crippen LogP contribution in [0.3, 0.4) is 0 Å². The number of nitrogens with one attached hydrogen (secondary N) is 1. The molecule has 1 aliphatic rings. The molecule has 0 spiro atoms. The molecular formula is C20H19F3N6O2. The first-order valence-corrected chi connectivity index (χ1v) is 9.63. The van der Waals surface area contributed by atoms with Crippen molar-refractivity contribution in [3.8, 4) is 22.8 Å². The maximum Gasteiger partial charge on any atom is 0.471 e. The van der Waals surface area contributed by atoms with E-state index in [1.807, 2.05) is 7.05 Å². The molecule has 162 valence electrons. The van der Waals surface area contributed by atoms with Crippen LogP contribution in [0.1, 0.15) is 18.7 Å². The molecule has 0 saturated carbocycles. The number of halogens is 3. The average molecular weight is 432 g/mol. The number of carbonyl (C=O) groups excluding carboxylic acids is 1. The highest BCUT2D eigenvalue weighted by Crippen LogP contribution is 2.33. The second kappa shape index (κ2) is 8.42. The third kappa shape index (κ3) is 4.71. The quantitative estimate of drug-likeness (QED) is 0.674. The van der Waals surface area contributed by atoms with Crippen LogP contribution >= 0.6 is 0 Å². The van der Waals surface area contributed by atoms with Crippen molar-refractivity contribution in [1.29, 1.82) is 0 Å². The SMILES string of the molecule is CN1CCC(C(=O)Nc2cnc(-c3ccccn3)cc2-c2noc(C(F)(F)F)n2)CC1. The molecule has 0 aromatic carbocycles. The maximum absolute atomic E-state index is 13.0. The Bertz CT molecular complexity index is 1060. The molecule has 1 N–H and O–H groups in total. The van der Waals surface area contributed by atoms with Gasteiger partial charge < -0.3 is 14.7 Å². The number of aromatic nitrogens is 4. The van der Waals surface area contributed by atoms with Crippen molar-refractivity contribution in [2.24, 2.45) is 5.92 Å². The number of nitrogens with zero attached hydrogens (tertiary/aromatic N) is 5. The molecule has 0 atom stereocenters. The zero-order chi connectivity index (χ0) is 22.0. The van der Waals surface area contributed by atoms with Crippen molar-refractivity contribution in [2.75, 3.05) is 25.5 Å². The van der Waals surface area contributed by atoms with Crippen LogP contribution in [0.15, 0.2) is 41.2 Å². The monoisotopic (exact) mass is 432 g/mol. The summed E-state index contributed by atoms with van der Waals surface area (Å²) < 4.78 is 43.2. The Morgan fingerprint density at radius 1 is 1.19 bits per heavy atom. The standard InChI is InChI=1S/C20H19F3N6O2/c1-29-8-5-12(6-9-29)18(30)26-16-11-25-15(14-4-2-3-7-24-14)10-13(16)17-27-19(31-28-17)20(21,22)23/h2-4,7,10-12H,5-6,8-9H2,1H3,(H,26,30). The van der Waals surface area contributed by atoms with E-state index in [-0.39, 0.29) is 28.9 Å². The average Bonchev–Trinajstić information content (AvgIpc) is 3.26. The second-order valence-corrected chi connectivity index (χ2v) is 7.32. The van der Waals surface area contributed by atoms with Crippen LogP contribution in [0.5, 0.6) is 0 Å². The lowest BCUT2D eigenvalue weighted by Crippen LogP contribution is -2.36. The van der Waals surface area contributed by atoms with Gasteiger partial charge in [0.25, 0.3) is 0 Å². The molecule has 3 aromatic rings. The summed E-state index contributed by atoms with van der Waals surface area (Å²) in [5.74, 6) is -2.19. The van der Waals surface area contributed by atoms with E-state index in [2.05, 4.69) is 34.8 Å². The van der Waals surface area contributed by atoms with Crippen LogP contribution in [-0.2, 0) is 11.0 Å². The predicted octanol–water partition coefficient (Wildman–Crippen LogP) is 3.49. The molecule has 0 radical (unpaired) electrons. The van der Waals surface area contributed by atoms with Gasteiger partial charge in [0, 0.05) is 12.1 Å². The molecule has 0 bridgehead atoms. The van der Waals surface area contributed by atoms with E-state index in [1.54, 1.807) is 24.4 Å². The van der Waals surface area contributed by atoms with Crippen LogP contribution < -0.4 is 5.32 Å².